The fourth-order valence-corrected chi connectivity index (χ4v) is 3.14. The lowest BCUT2D eigenvalue weighted by Crippen LogP contribution is -2.31. The zero-order chi connectivity index (χ0) is 18.9. The molecule has 3 heteroatoms. The van der Waals surface area contributed by atoms with Gasteiger partial charge in [-0.3, -0.25) is 0 Å². The molecule has 1 rings (SSSR count). The van der Waals surface area contributed by atoms with E-state index in [1.807, 2.05) is 0 Å². The normalized spacial score (nSPS) is 20.2. The largest absolute Gasteiger partial charge is 0.478 e. The number of aliphatic imine (C=N–C) groups is 1. The predicted octanol–water partition coefficient (Wildman–Crippen LogP) is 6.37. The molecule has 1 aliphatic heterocycles. The van der Waals surface area contributed by atoms with Crippen molar-refractivity contribution in [1.82, 2.24) is 0 Å². The fourth-order valence-electron chi connectivity index (χ4n) is 3.14. The van der Waals surface area contributed by atoms with E-state index in [2.05, 4.69) is 43.1 Å². The minimum atomic E-state index is -0.355. The third kappa shape index (κ3) is 10.2. The van der Waals surface area contributed by atoms with E-state index >= 15 is 0 Å². The van der Waals surface area contributed by atoms with Crippen LogP contribution >= 0.6 is 0 Å². The molecule has 0 aromatic rings. The number of rotatable bonds is 16. The van der Waals surface area contributed by atoms with Gasteiger partial charge in [-0.15, -0.1) is 0 Å². The van der Waals surface area contributed by atoms with E-state index in [0.29, 0.717) is 6.61 Å². The van der Waals surface area contributed by atoms with Gasteiger partial charge in [0.15, 0.2) is 5.90 Å². The lowest BCUT2D eigenvalue weighted by Gasteiger charge is -2.17. The number of hydrogen-bond donors (Lipinski definition) is 1. The van der Waals surface area contributed by atoms with E-state index in [9.17, 15) is 5.11 Å². The van der Waals surface area contributed by atoms with Crippen LogP contribution in [-0.4, -0.2) is 29.8 Å². The number of aliphatic hydroxyl groups excluding tert-OH is 1. The summed E-state index contributed by atoms with van der Waals surface area (Å²) in [5.41, 5.74) is -0.355. The van der Waals surface area contributed by atoms with Gasteiger partial charge < -0.3 is 9.84 Å². The first-order valence-electron chi connectivity index (χ1n) is 10.9. The van der Waals surface area contributed by atoms with Crippen molar-refractivity contribution in [2.24, 2.45) is 4.99 Å². The van der Waals surface area contributed by atoms with Crippen molar-refractivity contribution >= 4 is 5.90 Å². The molecule has 0 aromatic carbocycles. The van der Waals surface area contributed by atoms with Crippen molar-refractivity contribution in [2.75, 3.05) is 13.2 Å². The molecular formula is C23H41NO2. The molecule has 1 atom stereocenters. The SMILES string of the molecule is CCCCC/C=C/C/C=C/CCCCCCCC1=N[C@@](CC)(CO)CO1. The molecule has 0 unspecified atom stereocenters. The Morgan fingerprint density at radius 3 is 2.19 bits per heavy atom. The minimum absolute atomic E-state index is 0.0924. The van der Waals surface area contributed by atoms with E-state index in [1.165, 1.54) is 57.8 Å². The van der Waals surface area contributed by atoms with Crippen LogP contribution in [0.25, 0.3) is 0 Å². The third-order valence-electron chi connectivity index (χ3n) is 5.16. The molecule has 0 saturated carbocycles. The second-order valence-electron chi connectivity index (χ2n) is 7.51. The van der Waals surface area contributed by atoms with Gasteiger partial charge in [0.25, 0.3) is 0 Å². The van der Waals surface area contributed by atoms with Gasteiger partial charge in [-0.25, -0.2) is 4.99 Å². The van der Waals surface area contributed by atoms with Crippen LogP contribution in [0.1, 0.15) is 97.3 Å². The highest BCUT2D eigenvalue weighted by atomic mass is 16.5. The first-order chi connectivity index (χ1) is 12.8. The Morgan fingerprint density at radius 2 is 1.58 bits per heavy atom. The van der Waals surface area contributed by atoms with Crippen molar-refractivity contribution < 1.29 is 9.84 Å². The highest BCUT2D eigenvalue weighted by Crippen LogP contribution is 2.24. The zero-order valence-electron chi connectivity index (χ0n) is 17.2. The summed E-state index contributed by atoms with van der Waals surface area (Å²) in [5, 5.41) is 9.44. The van der Waals surface area contributed by atoms with Crippen molar-refractivity contribution in [3.05, 3.63) is 24.3 Å². The average Bonchev–Trinajstić information content (AvgIpc) is 3.09. The highest BCUT2D eigenvalue weighted by Gasteiger charge is 2.33. The van der Waals surface area contributed by atoms with Gasteiger partial charge >= 0.3 is 0 Å². The number of ether oxygens (including phenoxy) is 1. The molecule has 1 aliphatic rings. The van der Waals surface area contributed by atoms with Crippen LogP contribution < -0.4 is 0 Å². The maximum atomic E-state index is 9.44. The molecule has 1 heterocycles. The Kier molecular flexibility index (Phi) is 13.3. The Bertz CT molecular complexity index is 422. The van der Waals surface area contributed by atoms with Gasteiger partial charge in [0.2, 0.25) is 0 Å². The summed E-state index contributed by atoms with van der Waals surface area (Å²) in [7, 11) is 0. The van der Waals surface area contributed by atoms with E-state index in [4.69, 9.17) is 4.74 Å². The van der Waals surface area contributed by atoms with Gasteiger partial charge in [-0.05, 0) is 44.9 Å². The molecule has 3 nitrogen and oxygen atoms in total. The second-order valence-corrected chi connectivity index (χ2v) is 7.51. The average molecular weight is 364 g/mol. The van der Waals surface area contributed by atoms with Crippen molar-refractivity contribution in [2.45, 2.75) is 103 Å². The quantitative estimate of drug-likeness (QED) is 0.256. The molecule has 0 aliphatic carbocycles. The molecule has 0 amide bonds. The highest BCUT2D eigenvalue weighted by molar-refractivity contribution is 5.78. The molecule has 0 radical (unpaired) electrons. The zero-order valence-corrected chi connectivity index (χ0v) is 17.2. The molecule has 26 heavy (non-hydrogen) atoms. The standard InChI is InChI=1S/C23H41NO2/c1-3-5-6-7-8-9-10-11-12-13-14-15-16-17-18-19-22-24-23(4-2,20-25)21-26-22/h8-9,11-12,25H,3-7,10,13-21H2,1-2H3/b9-8+,12-11+/t23-/m0/s1. The first-order valence-corrected chi connectivity index (χ1v) is 10.9. The fraction of sp³-hybridized carbons (Fsp3) is 0.783. The van der Waals surface area contributed by atoms with E-state index < -0.39 is 0 Å². The number of hydrogen-bond acceptors (Lipinski definition) is 3. The maximum absolute atomic E-state index is 9.44. The van der Waals surface area contributed by atoms with Crippen molar-refractivity contribution in [3.8, 4) is 0 Å². The van der Waals surface area contributed by atoms with Gasteiger partial charge in [0, 0.05) is 6.42 Å². The van der Waals surface area contributed by atoms with Crippen LogP contribution in [0.2, 0.25) is 0 Å². The number of allylic oxidation sites excluding steroid dienone is 4. The maximum Gasteiger partial charge on any atom is 0.184 e. The number of aliphatic hydroxyl groups is 1. The third-order valence-corrected chi connectivity index (χ3v) is 5.16. The predicted molar refractivity (Wildman–Crippen MR) is 113 cm³/mol. The van der Waals surface area contributed by atoms with Gasteiger partial charge in [-0.2, -0.15) is 0 Å². The van der Waals surface area contributed by atoms with Gasteiger partial charge in [-0.1, -0.05) is 70.3 Å². The Balaban J connectivity index is 1.91. The molecule has 150 valence electrons. The van der Waals surface area contributed by atoms with E-state index in [1.54, 1.807) is 0 Å². The molecule has 1 N–H and O–H groups in total. The molecular weight excluding hydrogens is 322 g/mol. The van der Waals surface area contributed by atoms with Crippen molar-refractivity contribution in [1.29, 1.82) is 0 Å². The van der Waals surface area contributed by atoms with E-state index in [-0.39, 0.29) is 12.1 Å². The molecule has 0 fully saturated rings. The summed E-state index contributed by atoms with van der Waals surface area (Å²) in [4.78, 5) is 4.59. The Labute approximate surface area is 161 Å². The van der Waals surface area contributed by atoms with Crippen molar-refractivity contribution in [3.63, 3.8) is 0 Å². The summed E-state index contributed by atoms with van der Waals surface area (Å²) in [6, 6.07) is 0. The monoisotopic (exact) mass is 363 g/mol. The van der Waals surface area contributed by atoms with Gasteiger partial charge in [0.05, 0.1) is 6.61 Å². The van der Waals surface area contributed by atoms with E-state index in [0.717, 1.165) is 31.6 Å². The van der Waals surface area contributed by atoms with Crippen LogP contribution in [0.3, 0.4) is 0 Å². The molecule has 0 spiro atoms. The Morgan fingerprint density at radius 1 is 0.923 bits per heavy atom. The summed E-state index contributed by atoms with van der Waals surface area (Å²) >= 11 is 0. The summed E-state index contributed by atoms with van der Waals surface area (Å²) in [6.07, 6.45) is 24.8. The van der Waals surface area contributed by atoms with Crippen LogP contribution in [0.4, 0.5) is 0 Å². The summed E-state index contributed by atoms with van der Waals surface area (Å²) in [6.45, 7) is 4.95. The minimum Gasteiger partial charge on any atom is -0.478 e. The lowest BCUT2D eigenvalue weighted by atomic mass is 10.0. The Hall–Kier alpha value is -1.09. The summed E-state index contributed by atoms with van der Waals surface area (Å²) in [5.74, 6) is 0.853. The lowest BCUT2D eigenvalue weighted by molar-refractivity contribution is 0.153. The smallest absolute Gasteiger partial charge is 0.184 e. The molecule has 0 saturated heterocycles. The van der Waals surface area contributed by atoms with Gasteiger partial charge in [0.1, 0.15) is 12.1 Å². The first kappa shape index (κ1) is 23.0. The van der Waals surface area contributed by atoms with Crippen LogP contribution in [0.15, 0.2) is 29.3 Å². The number of nitrogens with zero attached hydrogens (tertiary/aromatic N) is 1. The number of unbranched alkanes of at least 4 members (excludes halogenated alkanes) is 8. The van der Waals surface area contributed by atoms with Crippen LogP contribution in [0.5, 0.6) is 0 Å². The topological polar surface area (TPSA) is 41.8 Å². The van der Waals surface area contributed by atoms with Crippen LogP contribution in [-0.2, 0) is 4.74 Å². The van der Waals surface area contributed by atoms with Crippen LogP contribution in [0, 0.1) is 0 Å². The molecule has 0 bridgehead atoms. The summed E-state index contributed by atoms with van der Waals surface area (Å²) < 4.78 is 5.65. The second kappa shape index (κ2) is 15.0. The molecule has 0 aromatic heterocycles.